The van der Waals surface area contributed by atoms with E-state index in [9.17, 15) is 35.1 Å². The number of nitrogens with one attached hydrogen (secondary N) is 1. The summed E-state index contributed by atoms with van der Waals surface area (Å²) in [4.78, 5) is 25.1. The van der Waals surface area contributed by atoms with Gasteiger partial charge >= 0.3 is 5.97 Å². The van der Waals surface area contributed by atoms with Gasteiger partial charge in [0.1, 0.15) is 24.4 Å². The summed E-state index contributed by atoms with van der Waals surface area (Å²) in [7, 11) is 0. The Morgan fingerprint density at radius 3 is 1.18 bits per heavy atom. The molecule has 6 N–H and O–H groups in total. The molecular formula is C82H147NO10. The van der Waals surface area contributed by atoms with Gasteiger partial charge in [-0.15, -0.1) is 0 Å². The lowest BCUT2D eigenvalue weighted by Gasteiger charge is -2.40. The van der Waals surface area contributed by atoms with E-state index in [-0.39, 0.29) is 18.5 Å². The average Bonchev–Trinajstić information content (AvgIpc) is 1.06. The first kappa shape index (κ1) is 87.9. The lowest BCUT2D eigenvalue weighted by Crippen LogP contribution is -2.60. The molecule has 1 heterocycles. The highest BCUT2D eigenvalue weighted by Gasteiger charge is 2.44. The van der Waals surface area contributed by atoms with E-state index < -0.39 is 49.5 Å². The van der Waals surface area contributed by atoms with Crippen LogP contribution in [0.3, 0.4) is 0 Å². The Morgan fingerprint density at radius 1 is 0.419 bits per heavy atom. The molecule has 0 aromatic heterocycles. The number of unbranched alkanes of at least 4 members (excludes halogenated alkanes) is 44. The molecule has 1 saturated heterocycles. The first-order valence-electron chi connectivity index (χ1n) is 39.3. The minimum absolute atomic E-state index is 0.00622. The number of hydrogen-bond donors (Lipinski definition) is 6. The predicted molar refractivity (Wildman–Crippen MR) is 393 cm³/mol. The van der Waals surface area contributed by atoms with Gasteiger partial charge in [-0.05, 0) is 116 Å². The molecule has 1 fully saturated rings. The minimum atomic E-state index is -1.58. The Bertz CT molecular complexity index is 1820. The molecule has 0 radical (unpaired) electrons. The molecule has 0 aliphatic carbocycles. The van der Waals surface area contributed by atoms with Gasteiger partial charge < -0.3 is 45.1 Å². The number of esters is 1. The number of carbonyl (C=O) groups is 2. The van der Waals surface area contributed by atoms with Gasteiger partial charge in [-0.3, -0.25) is 9.59 Å². The second-order valence-corrected chi connectivity index (χ2v) is 27.0. The normalized spacial score (nSPS) is 17.9. The van der Waals surface area contributed by atoms with E-state index in [0.717, 1.165) is 77.0 Å². The van der Waals surface area contributed by atoms with Crippen molar-refractivity contribution in [3.8, 4) is 0 Å². The quantitative estimate of drug-likeness (QED) is 0.0195. The number of amides is 1. The number of allylic oxidation sites excluding steroid dienone is 13. The van der Waals surface area contributed by atoms with Gasteiger partial charge in [0.2, 0.25) is 5.91 Å². The molecule has 7 unspecified atom stereocenters. The molecule has 1 rings (SSSR count). The van der Waals surface area contributed by atoms with E-state index in [1.165, 1.54) is 257 Å². The van der Waals surface area contributed by atoms with Crippen LogP contribution in [0.4, 0.5) is 0 Å². The molecular weight excluding hydrogens is 1160 g/mol. The van der Waals surface area contributed by atoms with Crippen LogP contribution in [0, 0.1) is 0 Å². The first-order valence-corrected chi connectivity index (χ1v) is 39.3. The molecule has 93 heavy (non-hydrogen) atoms. The summed E-state index contributed by atoms with van der Waals surface area (Å²) in [6.07, 6.45) is 88.0. The van der Waals surface area contributed by atoms with E-state index in [2.05, 4.69) is 79.1 Å². The van der Waals surface area contributed by atoms with Crippen molar-refractivity contribution in [2.24, 2.45) is 0 Å². The van der Waals surface area contributed by atoms with Gasteiger partial charge in [0.25, 0.3) is 0 Å². The Hall–Kier alpha value is -3.16. The Kier molecular flexibility index (Phi) is 66.3. The van der Waals surface area contributed by atoms with E-state index >= 15 is 0 Å². The first-order chi connectivity index (χ1) is 45.7. The highest BCUT2D eigenvalue weighted by atomic mass is 16.7. The fourth-order valence-electron chi connectivity index (χ4n) is 12.1. The van der Waals surface area contributed by atoms with Crippen molar-refractivity contribution in [2.75, 3.05) is 19.8 Å². The highest BCUT2D eigenvalue weighted by molar-refractivity contribution is 5.76. The van der Waals surface area contributed by atoms with Gasteiger partial charge in [-0.1, -0.05) is 317 Å². The van der Waals surface area contributed by atoms with Crippen molar-refractivity contribution in [3.05, 3.63) is 85.1 Å². The average molecular weight is 1310 g/mol. The number of carbonyl (C=O) groups excluding carboxylic acids is 2. The molecule has 540 valence electrons. The van der Waals surface area contributed by atoms with Crippen LogP contribution in [0.2, 0.25) is 0 Å². The fourth-order valence-corrected chi connectivity index (χ4v) is 12.1. The van der Waals surface area contributed by atoms with Crippen molar-refractivity contribution in [1.82, 2.24) is 5.32 Å². The van der Waals surface area contributed by atoms with Crippen molar-refractivity contribution in [2.45, 2.75) is 403 Å². The maximum Gasteiger partial charge on any atom is 0.305 e. The predicted octanol–water partition coefficient (Wildman–Crippen LogP) is 21.2. The zero-order valence-corrected chi connectivity index (χ0v) is 60.2. The van der Waals surface area contributed by atoms with Crippen molar-refractivity contribution in [3.63, 3.8) is 0 Å². The summed E-state index contributed by atoms with van der Waals surface area (Å²) >= 11 is 0. The molecule has 1 aliphatic rings. The molecule has 11 heteroatoms. The second-order valence-electron chi connectivity index (χ2n) is 27.0. The van der Waals surface area contributed by atoms with Crippen LogP contribution in [0.1, 0.15) is 361 Å². The topological polar surface area (TPSA) is 175 Å². The van der Waals surface area contributed by atoms with Crippen LogP contribution in [0.15, 0.2) is 85.1 Å². The number of hydrogen-bond acceptors (Lipinski definition) is 10. The van der Waals surface area contributed by atoms with Crippen LogP contribution in [0.25, 0.3) is 0 Å². The summed E-state index contributed by atoms with van der Waals surface area (Å²) in [5.41, 5.74) is 0. The molecule has 0 spiro atoms. The summed E-state index contributed by atoms with van der Waals surface area (Å²) in [6.45, 7) is 4.09. The van der Waals surface area contributed by atoms with Gasteiger partial charge in [0.15, 0.2) is 6.29 Å². The largest absolute Gasteiger partial charge is 0.466 e. The maximum atomic E-state index is 13.0. The number of aliphatic hydroxyl groups excluding tert-OH is 5. The van der Waals surface area contributed by atoms with Gasteiger partial charge in [0.05, 0.1) is 32.0 Å². The van der Waals surface area contributed by atoms with Gasteiger partial charge in [-0.25, -0.2) is 0 Å². The molecule has 0 bridgehead atoms. The number of aliphatic hydroxyl groups is 5. The Morgan fingerprint density at radius 2 is 0.774 bits per heavy atom. The van der Waals surface area contributed by atoms with Crippen molar-refractivity contribution < 1.29 is 49.3 Å². The third-order valence-electron chi connectivity index (χ3n) is 18.3. The minimum Gasteiger partial charge on any atom is -0.466 e. The Balaban J connectivity index is 1.86. The summed E-state index contributed by atoms with van der Waals surface area (Å²) in [6, 6.07) is -0.832. The van der Waals surface area contributed by atoms with Gasteiger partial charge in [0, 0.05) is 12.8 Å². The van der Waals surface area contributed by atoms with Crippen LogP contribution < -0.4 is 5.32 Å². The van der Waals surface area contributed by atoms with Crippen LogP contribution in [-0.4, -0.2) is 100 Å². The fraction of sp³-hybridized carbons (Fsp3) is 0.805. The summed E-state index contributed by atoms with van der Waals surface area (Å²) in [5, 5.41) is 54.3. The maximum absolute atomic E-state index is 13.0. The lowest BCUT2D eigenvalue weighted by molar-refractivity contribution is -0.302. The molecule has 0 saturated carbocycles. The van der Waals surface area contributed by atoms with Crippen LogP contribution in [0.5, 0.6) is 0 Å². The van der Waals surface area contributed by atoms with Crippen LogP contribution >= 0.6 is 0 Å². The number of ether oxygens (including phenoxy) is 3. The smallest absolute Gasteiger partial charge is 0.305 e. The molecule has 0 aromatic carbocycles. The third-order valence-corrected chi connectivity index (χ3v) is 18.3. The second kappa shape index (κ2) is 70.2. The van der Waals surface area contributed by atoms with E-state index in [0.29, 0.717) is 19.4 Å². The Labute approximate surface area is 572 Å². The highest BCUT2D eigenvalue weighted by Crippen LogP contribution is 2.23. The molecule has 1 aliphatic heterocycles. The van der Waals surface area contributed by atoms with Crippen LogP contribution in [-0.2, 0) is 23.8 Å². The zero-order valence-electron chi connectivity index (χ0n) is 60.2. The molecule has 11 nitrogen and oxygen atoms in total. The number of rotatable bonds is 69. The monoisotopic (exact) mass is 1310 g/mol. The van der Waals surface area contributed by atoms with E-state index in [4.69, 9.17) is 14.2 Å². The molecule has 0 aromatic rings. The summed E-state index contributed by atoms with van der Waals surface area (Å²) < 4.78 is 16.7. The van der Waals surface area contributed by atoms with Gasteiger partial charge in [-0.2, -0.15) is 0 Å². The van der Waals surface area contributed by atoms with E-state index in [1.54, 1.807) is 6.08 Å². The summed E-state index contributed by atoms with van der Waals surface area (Å²) in [5.74, 6) is -0.190. The standard InChI is InChI=1S/C82H147NO10/c1-3-5-7-9-11-13-14-15-16-40-44-47-50-54-58-62-66-70-78(87)91-71-67-63-59-55-51-48-45-42-39-37-35-33-31-29-27-25-23-21-19-17-18-20-22-24-26-28-30-32-34-36-38-41-43-46-49-53-57-61-65-69-77(86)83-74(75(85)68-64-60-56-52-12-10-8-6-4-2)73-92-82-81(90)80(89)79(88)76(72-84)93-82/h4,6,11-13,15-18,21,23,52,64,68,74-76,79-82,84-85,88-90H,3,5,7-10,14,19-20,22,24-51,53-63,65-67,69-73H2,1-2H3,(H,83,86)/b6-4+,13-11-,16-15-,18-17-,23-21-,52-12+,68-64+. The van der Waals surface area contributed by atoms with Crippen molar-refractivity contribution >= 4 is 11.9 Å². The van der Waals surface area contributed by atoms with Crippen molar-refractivity contribution in [1.29, 1.82) is 0 Å². The van der Waals surface area contributed by atoms with E-state index in [1.807, 2.05) is 19.1 Å². The SMILES string of the molecule is C/C=C/CC/C=C/CC/C=C/C(O)C(COC1OC(CO)C(O)C(O)C1O)NC(=O)CCCCCCCCCCCCCCCCCCC/C=C\C/C=C\CCCCCCCCCCCCCCCCCOC(=O)CCCCCCCCC/C=C\C/C=C\CCCCC. The molecule has 7 atom stereocenters. The lowest BCUT2D eigenvalue weighted by atomic mass is 9.99. The molecule has 1 amide bonds. The third kappa shape index (κ3) is 58.7. The zero-order chi connectivity index (χ0) is 67.2.